The molecule has 1 atom stereocenters. The van der Waals surface area contributed by atoms with E-state index < -0.39 is 0 Å². The van der Waals surface area contributed by atoms with Gasteiger partial charge in [0.25, 0.3) is 5.56 Å². The summed E-state index contributed by atoms with van der Waals surface area (Å²) < 4.78 is 14.6. The summed E-state index contributed by atoms with van der Waals surface area (Å²) in [6.07, 6.45) is 2.38. The third-order valence-electron chi connectivity index (χ3n) is 6.83. The molecule has 0 saturated heterocycles. The summed E-state index contributed by atoms with van der Waals surface area (Å²) in [6.45, 7) is 4.38. The van der Waals surface area contributed by atoms with Crippen LogP contribution in [-0.4, -0.2) is 23.0 Å². The van der Waals surface area contributed by atoms with E-state index in [2.05, 4.69) is 62.1 Å². The van der Waals surface area contributed by atoms with E-state index in [-0.39, 0.29) is 11.5 Å². The maximum absolute atomic E-state index is 13.5. The quantitative estimate of drug-likeness (QED) is 0.154. The second-order valence-electron chi connectivity index (χ2n) is 9.35. The summed E-state index contributed by atoms with van der Waals surface area (Å²) in [5, 5.41) is 7.65. The van der Waals surface area contributed by atoms with Crippen LogP contribution in [0.2, 0.25) is 5.02 Å². The molecule has 40 heavy (non-hydrogen) atoms. The van der Waals surface area contributed by atoms with Gasteiger partial charge in [-0.05, 0) is 63.0 Å². The highest BCUT2D eigenvalue weighted by atomic mass is 79.9. The lowest BCUT2D eigenvalue weighted by Crippen LogP contribution is -2.23. The number of rotatable bonds is 8. The summed E-state index contributed by atoms with van der Waals surface area (Å²) in [4.78, 5) is 18.3. The summed E-state index contributed by atoms with van der Waals surface area (Å²) in [6, 6.07) is 21.5. The molecular weight excluding hydrogens is 658 g/mol. The molecule has 4 aromatic carbocycles. The Bertz CT molecular complexity index is 1820. The van der Waals surface area contributed by atoms with Gasteiger partial charge in [-0.1, -0.05) is 83.8 Å². The molecule has 0 saturated carbocycles. The van der Waals surface area contributed by atoms with E-state index in [4.69, 9.17) is 26.1 Å². The molecule has 5 aromatic rings. The van der Waals surface area contributed by atoms with Crippen molar-refractivity contribution >= 4 is 71.4 Å². The largest absolute Gasteiger partial charge is 0.493 e. The van der Waals surface area contributed by atoms with E-state index >= 15 is 0 Å². The highest BCUT2D eigenvalue weighted by Crippen LogP contribution is 2.42. The van der Waals surface area contributed by atoms with Gasteiger partial charge >= 0.3 is 0 Å². The Morgan fingerprint density at radius 3 is 2.62 bits per heavy atom. The van der Waals surface area contributed by atoms with Crippen molar-refractivity contribution in [2.45, 2.75) is 32.8 Å². The Labute approximate surface area is 253 Å². The molecule has 6 nitrogen and oxygen atoms in total. The minimum atomic E-state index is -0.248. The van der Waals surface area contributed by atoms with Gasteiger partial charge in [-0.25, -0.2) is 4.98 Å². The van der Waals surface area contributed by atoms with Crippen molar-refractivity contribution in [1.29, 1.82) is 0 Å². The zero-order chi connectivity index (χ0) is 28.4. The zero-order valence-corrected chi connectivity index (χ0v) is 26.0. The maximum Gasteiger partial charge on any atom is 0.282 e. The number of ether oxygens (including phenoxy) is 2. The van der Waals surface area contributed by atoms with Crippen LogP contribution in [0.5, 0.6) is 11.5 Å². The fourth-order valence-corrected chi connectivity index (χ4v) is 5.47. The highest BCUT2D eigenvalue weighted by molar-refractivity contribution is 9.10. The standard InChI is InChI=1S/C31H26Br2ClN3O3/c1-4-18(2)30-36-25-13-12-22(32)15-24(25)31(38)37(30)35-16-21-14-26(39-3)29(28(34)27(21)33)40-17-20-10-7-9-19-8-5-6-11-23(19)20/h5-16,18H,4,17H2,1-3H3/t18-/m1/s1. The Morgan fingerprint density at radius 2 is 1.85 bits per heavy atom. The van der Waals surface area contributed by atoms with Gasteiger partial charge in [-0.3, -0.25) is 4.79 Å². The number of hydrogen-bond acceptors (Lipinski definition) is 5. The fraction of sp³-hybridized carbons (Fsp3) is 0.194. The van der Waals surface area contributed by atoms with Crippen molar-refractivity contribution in [2.75, 3.05) is 7.11 Å². The lowest BCUT2D eigenvalue weighted by molar-refractivity contribution is 0.285. The van der Waals surface area contributed by atoms with Gasteiger partial charge in [0.05, 0.1) is 24.2 Å². The molecule has 0 aliphatic carbocycles. The molecule has 0 fully saturated rings. The van der Waals surface area contributed by atoms with E-state index in [1.165, 1.54) is 4.68 Å². The first kappa shape index (κ1) is 28.3. The van der Waals surface area contributed by atoms with Gasteiger partial charge in [0.2, 0.25) is 0 Å². The number of methoxy groups -OCH3 is 1. The molecular formula is C31H26Br2ClN3O3. The molecule has 5 rings (SSSR count). The van der Waals surface area contributed by atoms with E-state index in [0.717, 1.165) is 27.2 Å². The Balaban J connectivity index is 1.53. The molecule has 1 aromatic heterocycles. The van der Waals surface area contributed by atoms with Crippen LogP contribution in [0.25, 0.3) is 21.7 Å². The number of aromatic nitrogens is 2. The van der Waals surface area contributed by atoms with E-state index in [1.807, 2.05) is 43.3 Å². The Hall–Kier alpha value is -3.20. The van der Waals surface area contributed by atoms with Crippen LogP contribution in [0.1, 0.15) is 43.1 Å². The van der Waals surface area contributed by atoms with Gasteiger partial charge < -0.3 is 9.47 Å². The number of nitrogens with zero attached hydrogens (tertiary/aromatic N) is 3. The number of benzene rings is 4. The van der Waals surface area contributed by atoms with Crippen molar-refractivity contribution in [2.24, 2.45) is 5.10 Å². The minimum absolute atomic E-state index is 0.0179. The van der Waals surface area contributed by atoms with Crippen LogP contribution in [-0.2, 0) is 6.61 Å². The Kier molecular flexibility index (Phi) is 8.59. The molecule has 0 aliphatic heterocycles. The summed E-state index contributed by atoms with van der Waals surface area (Å²) in [5.74, 6) is 1.47. The van der Waals surface area contributed by atoms with Gasteiger partial charge in [0, 0.05) is 20.4 Å². The first-order valence-electron chi connectivity index (χ1n) is 12.7. The van der Waals surface area contributed by atoms with Crippen molar-refractivity contribution < 1.29 is 9.47 Å². The summed E-state index contributed by atoms with van der Waals surface area (Å²) in [5.41, 5.74) is 2.04. The highest BCUT2D eigenvalue weighted by Gasteiger charge is 2.19. The van der Waals surface area contributed by atoms with Gasteiger partial charge in [-0.15, -0.1) is 0 Å². The fourth-order valence-electron chi connectivity index (χ4n) is 4.45. The number of halogens is 3. The van der Waals surface area contributed by atoms with Crippen molar-refractivity contribution in [3.8, 4) is 11.5 Å². The molecule has 0 aliphatic rings. The first-order valence-corrected chi connectivity index (χ1v) is 14.7. The Morgan fingerprint density at radius 1 is 1.07 bits per heavy atom. The van der Waals surface area contributed by atoms with Crippen molar-refractivity contribution in [1.82, 2.24) is 9.66 Å². The first-order chi connectivity index (χ1) is 19.3. The predicted molar refractivity (Wildman–Crippen MR) is 169 cm³/mol. The van der Waals surface area contributed by atoms with Crippen LogP contribution in [0.4, 0.5) is 0 Å². The molecule has 9 heteroatoms. The topological polar surface area (TPSA) is 65.7 Å². The van der Waals surface area contributed by atoms with Gasteiger partial charge in [-0.2, -0.15) is 9.78 Å². The van der Waals surface area contributed by atoms with Crippen LogP contribution < -0.4 is 15.0 Å². The molecule has 0 N–H and O–H groups in total. The van der Waals surface area contributed by atoms with Crippen LogP contribution in [0.15, 0.2) is 85.6 Å². The minimum Gasteiger partial charge on any atom is -0.493 e. The second-order valence-corrected chi connectivity index (χ2v) is 11.4. The molecule has 0 amide bonds. The van der Waals surface area contributed by atoms with Gasteiger partial charge in [0.15, 0.2) is 11.5 Å². The number of fused-ring (bicyclic) bond motifs is 2. The zero-order valence-electron chi connectivity index (χ0n) is 22.1. The van der Waals surface area contributed by atoms with E-state index in [9.17, 15) is 4.79 Å². The molecule has 0 radical (unpaired) electrons. The maximum atomic E-state index is 13.5. The van der Waals surface area contributed by atoms with Crippen LogP contribution >= 0.6 is 43.5 Å². The third kappa shape index (κ3) is 5.53. The lowest BCUT2D eigenvalue weighted by Gasteiger charge is -2.16. The van der Waals surface area contributed by atoms with Crippen molar-refractivity contribution in [3.05, 3.63) is 108 Å². The van der Waals surface area contributed by atoms with Crippen LogP contribution in [0.3, 0.4) is 0 Å². The molecule has 0 unspecified atom stereocenters. The normalized spacial score (nSPS) is 12.3. The van der Waals surface area contributed by atoms with Crippen molar-refractivity contribution in [3.63, 3.8) is 0 Å². The SMILES string of the molecule is CC[C@@H](C)c1nc2ccc(Br)cc2c(=O)n1N=Cc1cc(OC)c(OCc2cccc3ccccc23)c(Cl)c1Br. The summed E-state index contributed by atoms with van der Waals surface area (Å²) in [7, 11) is 1.56. The van der Waals surface area contributed by atoms with E-state index in [1.54, 1.807) is 25.5 Å². The molecule has 0 bridgehead atoms. The predicted octanol–water partition coefficient (Wildman–Crippen LogP) is 8.71. The average molecular weight is 684 g/mol. The molecule has 0 spiro atoms. The lowest BCUT2D eigenvalue weighted by atomic mass is 10.1. The average Bonchev–Trinajstić information content (AvgIpc) is 2.97. The number of hydrogen-bond donors (Lipinski definition) is 0. The molecule has 204 valence electrons. The second kappa shape index (κ2) is 12.1. The van der Waals surface area contributed by atoms with Crippen LogP contribution in [0, 0.1) is 0 Å². The third-order valence-corrected chi connectivity index (χ3v) is 8.76. The summed E-state index contributed by atoms with van der Waals surface area (Å²) >= 11 is 13.8. The smallest absolute Gasteiger partial charge is 0.282 e. The van der Waals surface area contributed by atoms with E-state index in [0.29, 0.717) is 49.9 Å². The molecule has 1 heterocycles. The van der Waals surface area contributed by atoms with Gasteiger partial charge in [0.1, 0.15) is 17.5 Å². The monoisotopic (exact) mass is 681 g/mol.